The van der Waals surface area contributed by atoms with E-state index in [9.17, 15) is 8.78 Å². The number of fused-ring (bicyclic) bond motifs is 1. The Kier molecular flexibility index (Phi) is 5.43. The molecule has 0 fully saturated rings. The Morgan fingerprint density at radius 1 is 1.00 bits per heavy atom. The highest BCUT2D eigenvalue weighted by Crippen LogP contribution is 2.33. The molecular formula is C19H22ClF2N. The van der Waals surface area contributed by atoms with E-state index in [1.807, 2.05) is 18.2 Å². The van der Waals surface area contributed by atoms with Gasteiger partial charge in [-0.15, -0.1) is 12.4 Å². The van der Waals surface area contributed by atoms with Crippen molar-refractivity contribution in [2.75, 3.05) is 0 Å². The summed E-state index contributed by atoms with van der Waals surface area (Å²) < 4.78 is 26.8. The molecule has 0 saturated heterocycles. The molecule has 2 aromatic carbocycles. The fourth-order valence-corrected chi connectivity index (χ4v) is 3.07. The van der Waals surface area contributed by atoms with E-state index in [4.69, 9.17) is 0 Å². The van der Waals surface area contributed by atoms with Gasteiger partial charge in [0, 0.05) is 24.2 Å². The molecule has 1 heterocycles. The molecule has 23 heavy (non-hydrogen) atoms. The molecule has 0 saturated carbocycles. The summed E-state index contributed by atoms with van der Waals surface area (Å²) in [4.78, 5) is 2.32. The van der Waals surface area contributed by atoms with Gasteiger partial charge in [-0.2, -0.15) is 0 Å². The van der Waals surface area contributed by atoms with E-state index in [0.29, 0.717) is 6.54 Å². The summed E-state index contributed by atoms with van der Waals surface area (Å²) in [6, 6.07) is 12.0. The normalized spacial score (nSPS) is 14.4. The molecule has 0 atom stereocenters. The summed E-state index contributed by atoms with van der Waals surface area (Å²) in [7, 11) is 0. The van der Waals surface area contributed by atoms with Gasteiger partial charge < -0.3 is 0 Å². The predicted octanol–water partition coefficient (Wildman–Crippen LogP) is 5.11. The van der Waals surface area contributed by atoms with Crippen molar-refractivity contribution in [3.63, 3.8) is 0 Å². The zero-order valence-corrected chi connectivity index (χ0v) is 14.3. The summed E-state index contributed by atoms with van der Waals surface area (Å²) in [5.41, 5.74) is 3.03. The highest BCUT2D eigenvalue weighted by molar-refractivity contribution is 5.85. The first-order valence-electron chi connectivity index (χ1n) is 7.71. The molecule has 4 heteroatoms. The summed E-state index contributed by atoms with van der Waals surface area (Å²) in [6.07, 6.45) is 1.84. The van der Waals surface area contributed by atoms with Crippen LogP contribution < -0.4 is 0 Å². The molecule has 3 rings (SSSR count). The lowest BCUT2D eigenvalue weighted by Crippen LogP contribution is -2.40. The lowest BCUT2D eigenvalue weighted by atomic mass is 9.93. The molecule has 0 spiro atoms. The Morgan fingerprint density at radius 3 is 2.35 bits per heavy atom. The van der Waals surface area contributed by atoms with Crippen LogP contribution in [-0.4, -0.2) is 10.4 Å². The topological polar surface area (TPSA) is 3.24 Å². The molecule has 124 valence electrons. The Balaban J connectivity index is 0.00000192. The Morgan fingerprint density at radius 2 is 1.70 bits per heavy atom. The number of rotatable bonds is 4. The van der Waals surface area contributed by atoms with Gasteiger partial charge in [0.15, 0.2) is 0 Å². The molecule has 0 bridgehead atoms. The highest BCUT2D eigenvalue weighted by atomic mass is 35.5. The SMILES string of the molecule is CC(C)(CCc1ccc(F)cc1)N1Cc2cccc(F)c2C1.Cl. The lowest BCUT2D eigenvalue weighted by molar-refractivity contribution is 0.109. The van der Waals surface area contributed by atoms with Crippen molar-refractivity contribution in [2.45, 2.75) is 45.3 Å². The van der Waals surface area contributed by atoms with Crippen LogP contribution in [-0.2, 0) is 19.5 Å². The lowest BCUT2D eigenvalue weighted by Gasteiger charge is -2.35. The third kappa shape index (κ3) is 3.91. The zero-order valence-electron chi connectivity index (χ0n) is 13.5. The van der Waals surface area contributed by atoms with Gasteiger partial charge in [0.1, 0.15) is 11.6 Å². The first-order valence-corrected chi connectivity index (χ1v) is 7.71. The quantitative estimate of drug-likeness (QED) is 0.749. The number of hydrogen-bond donors (Lipinski definition) is 0. The van der Waals surface area contributed by atoms with Crippen LogP contribution in [0.5, 0.6) is 0 Å². The molecule has 1 aliphatic rings. The zero-order chi connectivity index (χ0) is 15.7. The molecule has 1 aliphatic heterocycles. The number of nitrogens with zero attached hydrogens (tertiary/aromatic N) is 1. The third-order valence-electron chi connectivity index (χ3n) is 4.72. The van der Waals surface area contributed by atoms with E-state index in [1.165, 1.54) is 18.2 Å². The molecular weight excluding hydrogens is 316 g/mol. The number of aryl methyl sites for hydroxylation is 1. The van der Waals surface area contributed by atoms with Crippen LogP contribution >= 0.6 is 12.4 Å². The van der Waals surface area contributed by atoms with Gasteiger partial charge in [0.25, 0.3) is 0 Å². The van der Waals surface area contributed by atoms with Crippen LogP contribution in [0.25, 0.3) is 0 Å². The van der Waals surface area contributed by atoms with Crippen molar-refractivity contribution in [1.82, 2.24) is 4.90 Å². The van der Waals surface area contributed by atoms with Crippen LogP contribution in [0.2, 0.25) is 0 Å². The Labute approximate surface area is 142 Å². The van der Waals surface area contributed by atoms with E-state index in [1.54, 1.807) is 6.07 Å². The van der Waals surface area contributed by atoms with Crippen molar-refractivity contribution in [1.29, 1.82) is 0 Å². The van der Waals surface area contributed by atoms with Crippen LogP contribution in [0.4, 0.5) is 8.78 Å². The summed E-state index contributed by atoms with van der Waals surface area (Å²) in [5, 5.41) is 0. The molecule has 0 amide bonds. The largest absolute Gasteiger partial charge is 0.290 e. The summed E-state index contributed by atoms with van der Waals surface area (Å²) in [5.74, 6) is -0.303. The molecule has 0 unspecified atom stereocenters. The van der Waals surface area contributed by atoms with Crippen LogP contribution in [0.15, 0.2) is 42.5 Å². The van der Waals surface area contributed by atoms with Crippen molar-refractivity contribution < 1.29 is 8.78 Å². The van der Waals surface area contributed by atoms with Crippen LogP contribution in [0.1, 0.15) is 37.0 Å². The molecule has 0 aliphatic carbocycles. The van der Waals surface area contributed by atoms with Crippen molar-refractivity contribution >= 4 is 12.4 Å². The van der Waals surface area contributed by atoms with E-state index < -0.39 is 0 Å². The fraction of sp³-hybridized carbons (Fsp3) is 0.368. The summed E-state index contributed by atoms with van der Waals surface area (Å²) in [6.45, 7) is 5.85. The fourth-order valence-electron chi connectivity index (χ4n) is 3.07. The standard InChI is InChI=1S/C19H21F2N.ClH/c1-19(2,11-10-14-6-8-16(20)9-7-14)22-12-15-4-3-5-18(21)17(15)13-22;/h3-9H,10-13H2,1-2H3;1H. The third-order valence-corrected chi connectivity index (χ3v) is 4.72. The minimum absolute atomic E-state index is 0. The highest BCUT2D eigenvalue weighted by Gasteiger charge is 2.32. The first kappa shape index (κ1) is 17.9. The van der Waals surface area contributed by atoms with Gasteiger partial charge >= 0.3 is 0 Å². The van der Waals surface area contributed by atoms with Gasteiger partial charge in [-0.3, -0.25) is 4.90 Å². The van der Waals surface area contributed by atoms with Crippen LogP contribution in [0, 0.1) is 11.6 Å². The first-order chi connectivity index (χ1) is 10.5. The van der Waals surface area contributed by atoms with E-state index >= 15 is 0 Å². The molecule has 0 radical (unpaired) electrons. The maximum absolute atomic E-state index is 13.9. The van der Waals surface area contributed by atoms with Crippen molar-refractivity contribution in [3.05, 3.63) is 70.8 Å². The molecule has 2 aromatic rings. The molecule has 1 nitrogen and oxygen atoms in total. The Bertz CT molecular complexity index is 668. The van der Waals surface area contributed by atoms with Gasteiger partial charge in [0.2, 0.25) is 0 Å². The van der Waals surface area contributed by atoms with Gasteiger partial charge in [0.05, 0.1) is 0 Å². The van der Waals surface area contributed by atoms with Gasteiger partial charge in [-0.1, -0.05) is 24.3 Å². The maximum Gasteiger partial charge on any atom is 0.128 e. The number of halogens is 3. The second kappa shape index (κ2) is 6.98. The predicted molar refractivity (Wildman–Crippen MR) is 91.7 cm³/mol. The minimum Gasteiger partial charge on any atom is -0.290 e. The second-order valence-electron chi connectivity index (χ2n) is 6.67. The maximum atomic E-state index is 13.9. The number of hydrogen-bond acceptors (Lipinski definition) is 1. The van der Waals surface area contributed by atoms with Gasteiger partial charge in [-0.25, -0.2) is 8.78 Å². The molecule has 0 aromatic heterocycles. The van der Waals surface area contributed by atoms with Crippen molar-refractivity contribution in [2.24, 2.45) is 0 Å². The van der Waals surface area contributed by atoms with E-state index in [-0.39, 0.29) is 29.6 Å². The van der Waals surface area contributed by atoms with E-state index in [0.717, 1.165) is 36.1 Å². The van der Waals surface area contributed by atoms with Crippen LogP contribution in [0.3, 0.4) is 0 Å². The van der Waals surface area contributed by atoms with Crippen molar-refractivity contribution in [3.8, 4) is 0 Å². The number of benzene rings is 2. The van der Waals surface area contributed by atoms with Gasteiger partial charge in [-0.05, 0) is 56.0 Å². The smallest absolute Gasteiger partial charge is 0.128 e. The molecule has 0 N–H and O–H groups in total. The second-order valence-corrected chi connectivity index (χ2v) is 6.67. The van der Waals surface area contributed by atoms with E-state index in [2.05, 4.69) is 18.7 Å². The Hall–Kier alpha value is -1.45. The summed E-state index contributed by atoms with van der Waals surface area (Å²) >= 11 is 0. The minimum atomic E-state index is -0.200. The average molecular weight is 338 g/mol. The monoisotopic (exact) mass is 337 g/mol. The average Bonchev–Trinajstić information content (AvgIpc) is 2.93.